The number of terminal acetylenes is 2. The maximum absolute atomic E-state index is 9.60. The number of hydrogen-bond donors (Lipinski definition) is 1. The van der Waals surface area contributed by atoms with E-state index in [-0.39, 0.29) is 5.60 Å². The zero-order valence-corrected chi connectivity index (χ0v) is 16.4. The van der Waals surface area contributed by atoms with E-state index in [2.05, 4.69) is 38.6 Å². The normalized spacial score (nSPS) is 20.8. The van der Waals surface area contributed by atoms with Crippen molar-refractivity contribution < 1.29 is 9.53 Å². The molecule has 0 aromatic heterocycles. The van der Waals surface area contributed by atoms with Crippen LogP contribution in [0.25, 0.3) is 0 Å². The summed E-state index contributed by atoms with van der Waals surface area (Å²) < 4.78 is 4.55. The molecular formula is C20H35N3O2. The zero-order valence-electron chi connectivity index (χ0n) is 16.4. The SMILES string of the molecule is C#CCN1CCCC1.C#CCN1CCNCC1C.CC(C)(C)OC=O. The second-order valence-electron chi connectivity index (χ2n) is 7.24. The van der Waals surface area contributed by atoms with E-state index in [0.717, 1.165) is 32.7 Å². The van der Waals surface area contributed by atoms with Crippen LogP contribution in [0.4, 0.5) is 0 Å². The smallest absolute Gasteiger partial charge is 0.293 e. The first kappa shape index (κ1) is 23.5. The van der Waals surface area contributed by atoms with Crippen molar-refractivity contribution in [3.63, 3.8) is 0 Å². The Morgan fingerprint density at radius 1 is 1.16 bits per heavy atom. The van der Waals surface area contributed by atoms with Gasteiger partial charge in [0.05, 0.1) is 13.1 Å². The van der Waals surface area contributed by atoms with E-state index < -0.39 is 0 Å². The Bertz CT molecular complexity index is 426. The van der Waals surface area contributed by atoms with Crippen LogP contribution in [0.15, 0.2) is 0 Å². The minimum atomic E-state index is -0.318. The van der Waals surface area contributed by atoms with E-state index in [1.807, 2.05) is 20.8 Å². The maximum atomic E-state index is 9.60. The van der Waals surface area contributed by atoms with Crippen molar-refractivity contribution in [2.75, 3.05) is 45.8 Å². The highest BCUT2D eigenvalue weighted by molar-refractivity contribution is 5.37. The molecule has 0 aliphatic carbocycles. The third-order valence-corrected chi connectivity index (χ3v) is 3.85. The summed E-state index contributed by atoms with van der Waals surface area (Å²) in [6, 6.07) is 0.602. The molecule has 0 aromatic rings. The van der Waals surface area contributed by atoms with Gasteiger partial charge in [0.15, 0.2) is 0 Å². The first-order chi connectivity index (χ1) is 11.8. The molecule has 1 unspecified atom stereocenters. The number of carbonyl (C=O) groups excluding carboxylic acids is 1. The number of nitrogens with one attached hydrogen (secondary N) is 1. The van der Waals surface area contributed by atoms with Gasteiger partial charge in [0.25, 0.3) is 6.47 Å². The molecule has 2 fully saturated rings. The minimum Gasteiger partial charge on any atom is -0.462 e. The van der Waals surface area contributed by atoms with Crippen molar-refractivity contribution >= 4 is 6.47 Å². The molecule has 2 saturated heterocycles. The number of hydrogen-bond acceptors (Lipinski definition) is 5. The van der Waals surface area contributed by atoms with E-state index in [0.29, 0.717) is 12.5 Å². The summed E-state index contributed by atoms with van der Waals surface area (Å²) in [6.45, 7) is 15.4. The number of ether oxygens (including phenoxy) is 1. The van der Waals surface area contributed by atoms with Crippen LogP contribution in [-0.2, 0) is 9.53 Å². The Morgan fingerprint density at radius 2 is 1.76 bits per heavy atom. The fourth-order valence-corrected chi connectivity index (χ4v) is 2.45. The first-order valence-corrected chi connectivity index (χ1v) is 8.99. The standard InChI is InChI=1S/C8H14N2.C7H11N.C5H10O2/c1-3-5-10-6-4-9-7-8(10)2;1-2-5-8-6-3-4-7-8;1-5(2,3)7-4-6/h1,8-9H,4-7H2,2H3;1H,3-7H2;4H,1-3H3. The van der Waals surface area contributed by atoms with Gasteiger partial charge in [0.2, 0.25) is 0 Å². The molecule has 2 heterocycles. The molecule has 0 saturated carbocycles. The maximum Gasteiger partial charge on any atom is 0.293 e. The highest BCUT2D eigenvalue weighted by Crippen LogP contribution is 2.05. The fourth-order valence-electron chi connectivity index (χ4n) is 2.45. The van der Waals surface area contributed by atoms with E-state index in [1.165, 1.54) is 25.9 Å². The lowest BCUT2D eigenvalue weighted by Gasteiger charge is -2.32. The molecular weight excluding hydrogens is 314 g/mol. The Hall–Kier alpha value is -1.53. The average molecular weight is 350 g/mol. The van der Waals surface area contributed by atoms with Gasteiger partial charge in [-0.15, -0.1) is 12.8 Å². The van der Waals surface area contributed by atoms with Crippen LogP contribution >= 0.6 is 0 Å². The van der Waals surface area contributed by atoms with E-state index in [1.54, 1.807) is 0 Å². The van der Waals surface area contributed by atoms with Crippen LogP contribution in [0, 0.1) is 24.7 Å². The molecule has 0 bridgehead atoms. The van der Waals surface area contributed by atoms with Crippen molar-refractivity contribution in [2.45, 2.75) is 52.2 Å². The van der Waals surface area contributed by atoms with Gasteiger partial charge in [-0.25, -0.2) is 0 Å². The van der Waals surface area contributed by atoms with Gasteiger partial charge in [0, 0.05) is 25.7 Å². The summed E-state index contributed by atoms with van der Waals surface area (Å²) in [5.41, 5.74) is -0.318. The predicted octanol–water partition coefficient (Wildman–Crippen LogP) is 1.59. The van der Waals surface area contributed by atoms with Gasteiger partial charge in [-0.05, 0) is 53.6 Å². The van der Waals surface area contributed by atoms with Crippen molar-refractivity contribution in [3.05, 3.63) is 0 Å². The lowest BCUT2D eigenvalue weighted by molar-refractivity contribution is -0.138. The summed E-state index contributed by atoms with van der Waals surface area (Å²) >= 11 is 0. The molecule has 2 aliphatic heterocycles. The molecule has 0 spiro atoms. The summed E-state index contributed by atoms with van der Waals surface area (Å²) in [7, 11) is 0. The molecule has 0 radical (unpaired) electrons. The van der Waals surface area contributed by atoms with Gasteiger partial charge in [0.1, 0.15) is 5.60 Å². The topological polar surface area (TPSA) is 44.8 Å². The number of likely N-dealkylation sites (tertiary alicyclic amines) is 1. The second kappa shape index (κ2) is 13.7. The van der Waals surface area contributed by atoms with Gasteiger partial charge in [-0.1, -0.05) is 11.8 Å². The summed E-state index contributed by atoms with van der Waals surface area (Å²) in [5.74, 6) is 5.30. The number of piperazine rings is 1. The molecule has 1 atom stereocenters. The Balaban J connectivity index is 0.000000353. The average Bonchev–Trinajstić information content (AvgIpc) is 3.04. The molecule has 1 N–H and O–H groups in total. The largest absolute Gasteiger partial charge is 0.462 e. The van der Waals surface area contributed by atoms with E-state index >= 15 is 0 Å². The van der Waals surface area contributed by atoms with Crippen LogP contribution in [0.1, 0.15) is 40.5 Å². The highest BCUT2D eigenvalue weighted by atomic mass is 16.5. The molecule has 5 nitrogen and oxygen atoms in total. The Kier molecular flexibility index (Phi) is 12.9. The lowest BCUT2D eigenvalue weighted by Crippen LogP contribution is -2.49. The van der Waals surface area contributed by atoms with Crippen molar-refractivity contribution in [1.29, 1.82) is 0 Å². The summed E-state index contributed by atoms with van der Waals surface area (Å²) in [6.07, 6.45) is 13.0. The second-order valence-corrected chi connectivity index (χ2v) is 7.24. The number of carbonyl (C=O) groups is 1. The van der Waals surface area contributed by atoms with Crippen molar-refractivity contribution in [1.82, 2.24) is 15.1 Å². The highest BCUT2D eigenvalue weighted by Gasteiger charge is 2.15. The molecule has 25 heavy (non-hydrogen) atoms. The van der Waals surface area contributed by atoms with Gasteiger partial charge < -0.3 is 10.1 Å². The summed E-state index contributed by atoms with van der Waals surface area (Å²) in [5, 5.41) is 3.31. The van der Waals surface area contributed by atoms with Crippen LogP contribution in [0.5, 0.6) is 0 Å². The minimum absolute atomic E-state index is 0.318. The molecule has 0 aromatic carbocycles. The monoisotopic (exact) mass is 349 g/mol. The van der Waals surface area contributed by atoms with Crippen LogP contribution in [0.2, 0.25) is 0 Å². The van der Waals surface area contributed by atoms with Crippen molar-refractivity contribution in [3.8, 4) is 24.7 Å². The molecule has 5 heteroatoms. The Morgan fingerprint density at radius 3 is 2.16 bits per heavy atom. The fraction of sp³-hybridized carbons (Fsp3) is 0.750. The van der Waals surface area contributed by atoms with E-state index in [9.17, 15) is 4.79 Å². The van der Waals surface area contributed by atoms with E-state index in [4.69, 9.17) is 12.8 Å². The van der Waals surface area contributed by atoms with Gasteiger partial charge >= 0.3 is 0 Å². The Labute approximate surface area is 154 Å². The number of nitrogens with zero attached hydrogens (tertiary/aromatic N) is 2. The third kappa shape index (κ3) is 13.4. The van der Waals surface area contributed by atoms with Crippen LogP contribution in [0.3, 0.4) is 0 Å². The van der Waals surface area contributed by atoms with Crippen LogP contribution < -0.4 is 5.32 Å². The van der Waals surface area contributed by atoms with Gasteiger partial charge in [-0.3, -0.25) is 14.6 Å². The molecule has 0 amide bonds. The lowest BCUT2D eigenvalue weighted by atomic mass is 10.2. The number of rotatable bonds is 3. The first-order valence-electron chi connectivity index (χ1n) is 8.99. The quantitative estimate of drug-likeness (QED) is 0.619. The molecule has 2 rings (SSSR count). The molecule has 2 aliphatic rings. The third-order valence-electron chi connectivity index (χ3n) is 3.85. The summed E-state index contributed by atoms with van der Waals surface area (Å²) in [4.78, 5) is 14.2. The van der Waals surface area contributed by atoms with Crippen molar-refractivity contribution in [2.24, 2.45) is 0 Å². The zero-order chi connectivity index (χ0) is 19.1. The predicted molar refractivity (Wildman–Crippen MR) is 104 cm³/mol. The van der Waals surface area contributed by atoms with Gasteiger partial charge in [-0.2, -0.15) is 0 Å². The molecule has 142 valence electrons. The van der Waals surface area contributed by atoms with Crippen LogP contribution in [-0.4, -0.2) is 73.7 Å².